The van der Waals surface area contributed by atoms with Crippen LogP contribution in [0.2, 0.25) is 5.02 Å². The number of hydrogen-bond acceptors (Lipinski definition) is 3. The smallest absolute Gasteiger partial charge is 0.179 e. The summed E-state index contributed by atoms with van der Waals surface area (Å²) in [6.07, 6.45) is 0.536. The van der Waals surface area contributed by atoms with Gasteiger partial charge in [0.25, 0.3) is 0 Å². The molecule has 0 aliphatic carbocycles. The minimum atomic E-state index is -0.214. The highest BCUT2D eigenvalue weighted by Gasteiger charge is 2.29. The van der Waals surface area contributed by atoms with Gasteiger partial charge in [-0.15, -0.1) is 0 Å². The molecule has 19 heavy (non-hydrogen) atoms. The fourth-order valence-corrected chi connectivity index (χ4v) is 2.64. The quantitative estimate of drug-likeness (QED) is 0.799. The molecule has 0 amide bonds. The zero-order valence-electron chi connectivity index (χ0n) is 11.2. The van der Waals surface area contributed by atoms with Crippen molar-refractivity contribution in [2.24, 2.45) is 5.92 Å². The zero-order chi connectivity index (χ0) is 14.0. The summed E-state index contributed by atoms with van der Waals surface area (Å²) in [4.78, 5) is 26.0. The highest BCUT2D eigenvalue weighted by Crippen LogP contribution is 2.19. The van der Waals surface area contributed by atoms with E-state index < -0.39 is 0 Å². The minimum absolute atomic E-state index is 0.0170. The van der Waals surface area contributed by atoms with Crippen LogP contribution in [0.25, 0.3) is 0 Å². The van der Waals surface area contributed by atoms with E-state index in [1.165, 1.54) is 0 Å². The molecule has 1 aliphatic rings. The summed E-state index contributed by atoms with van der Waals surface area (Å²) in [7, 11) is 0. The van der Waals surface area contributed by atoms with Gasteiger partial charge in [-0.25, -0.2) is 0 Å². The molecule has 0 radical (unpaired) electrons. The van der Waals surface area contributed by atoms with Crippen molar-refractivity contribution >= 4 is 23.2 Å². The number of likely N-dealkylation sites (tertiary alicyclic amines) is 1. The third-order valence-corrected chi connectivity index (χ3v) is 3.97. The van der Waals surface area contributed by atoms with Gasteiger partial charge in [-0.2, -0.15) is 0 Å². The molecular formula is C15H18ClNO2. The Labute approximate surface area is 118 Å². The Morgan fingerprint density at radius 3 is 2.84 bits per heavy atom. The number of carbonyl (C=O) groups is 2. The van der Waals surface area contributed by atoms with Crippen molar-refractivity contribution in [1.82, 2.24) is 4.90 Å². The molecule has 0 bridgehead atoms. The Bertz CT molecular complexity index is 501. The van der Waals surface area contributed by atoms with E-state index in [1.54, 1.807) is 24.3 Å². The maximum atomic E-state index is 12.4. The predicted octanol–water partition coefficient (Wildman–Crippen LogP) is 2.82. The summed E-state index contributed by atoms with van der Waals surface area (Å²) in [5.74, 6) is 0.367. The monoisotopic (exact) mass is 279 g/mol. The van der Waals surface area contributed by atoms with Gasteiger partial charge in [0.2, 0.25) is 0 Å². The lowest BCUT2D eigenvalue weighted by Gasteiger charge is -2.34. The molecule has 2 rings (SSSR count). The van der Waals surface area contributed by atoms with Gasteiger partial charge in [0, 0.05) is 36.0 Å². The first kappa shape index (κ1) is 14.2. The number of benzene rings is 1. The highest BCUT2D eigenvalue weighted by molar-refractivity contribution is 6.31. The van der Waals surface area contributed by atoms with Crippen molar-refractivity contribution in [3.8, 4) is 0 Å². The van der Waals surface area contributed by atoms with E-state index in [-0.39, 0.29) is 17.7 Å². The van der Waals surface area contributed by atoms with Crippen LogP contribution in [0, 0.1) is 5.92 Å². The van der Waals surface area contributed by atoms with Crippen LogP contribution < -0.4 is 0 Å². The molecule has 1 heterocycles. The molecule has 102 valence electrons. The Morgan fingerprint density at radius 2 is 2.21 bits per heavy atom. The van der Waals surface area contributed by atoms with Gasteiger partial charge in [0.15, 0.2) is 5.78 Å². The summed E-state index contributed by atoms with van der Waals surface area (Å²) in [6, 6.07) is 6.80. The second kappa shape index (κ2) is 5.85. The van der Waals surface area contributed by atoms with Crippen LogP contribution in [0.15, 0.2) is 24.3 Å². The molecule has 1 aromatic carbocycles. The number of nitrogens with zero attached hydrogens (tertiary/aromatic N) is 1. The lowest BCUT2D eigenvalue weighted by atomic mass is 9.95. The predicted molar refractivity (Wildman–Crippen MR) is 75.6 cm³/mol. The van der Waals surface area contributed by atoms with E-state index >= 15 is 0 Å². The van der Waals surface area contributed by atoms with Crippen LogP contribution in [-0.4, -0.2) is 35.6 Å². The number of carbonyl (C=O) groups excluding carboxylic acids is 2. The number of halogens is 1. The first-order chi connectivity index (χ1) is 8.99. The van der Waals surface area contributed by atoms with E-state index in [0.29, 0.717) is 35.9 Å². The second-order valence-corrected chi connectivity index (χ2v) is 5.60. The fraction of sp³-hybridized carbons (Fsp3) is 0.467. The molecular weight excluding hydrogens is 262 g/mol. The van der Waals surface area contributed by atoms with Crippen molar-refractivity contribution in [3.63, 3.8) is 0 Å². The maximum absolute atomic E-state index is 12.4. The first-order valence-corrected chi connectivity index (χ1v) is 6.93. The minimum Gasteiger partial charge on any atom is -0.299 e. The number of hydrogen-bond donors (Lipinski definition) is 0. The van der Waals surface area contributed by atoms with E-state index in [0.717, 1.165) is 0 Å². The summed E-state index contributed by atoms with van der Waals surface area (Å²) in [5, 5.41) is 0.570. The van der Waals surface area contributed by atoms with Gasteiger partial charge >= 0.3 is 0 Å². The highest BCUT2D eigenvalue weighted by atomic mass is 35.5. The summed E-state index contributed by atoms with van der Waals surface area (Å²) in [6.45, 7) is 5.14. The van der Waals surface area contributed by atoms with Crippen molar-refractivity contribution in [2.75, 3.05) is 13.1 Å². The fourth-order valence-electron chi connectivity index (χ4n) is 2.45. The SMILES string of the molecule is CC1CN(C(C)C(=O)c2cccc(Cl)c2)CCC1=O. The Balaban J connectivity index is 2.09. The van der Waals surface area contributed by atoms with Crippen molar-refractivity contribution in [2.45, 2.75) is 26.3 Å². The molecule has 4 heteroatoms. The average molecular weight is 280 g/mol. The van der Waals surface area contributed by atoms with Gasteiger partial charge in [-0.1, -0.05) is 30.7 Å². The molecule has 1 saturated heterocycles. The van der Waals surface area contributed by atoms with Crippen LogP contribution >= 0.6 is 11.6 Å². The molecule has 2 atom stereocenters. The normalized spacial score (nSPS) is 22.3. The van der Waals surface area contributed by atoms with Gasteiger partial charge in [0.1, 0.15) is 5.78 Å². The summed E-state index contributed by atoms with van der Waals surface area (Å²) in [5.41, 5.74) is 0.629. The van der Waals surface area contributed by atoms with Crippen molar-refractivity contribution in [1.29, 1.82) is 0 Å². The molecule has 3 nitrogen and oxygen atoms in total. The Hall–Kier alpha value is -1.19. The molecule has 1 aromatic rings. The summed E-state index contributed by atoms with van der Waals surface area (Å²) >= 11 is 5.91. The lowest BCUT2D eigenvalue weighted by Crippen LogP contribution is -2.47. The number of Topliss-reactive ketones (excluding diaryl/α,β-unsaturated/α-hetero) is 2. The summed E-state index contributed by atoms with van der Waals surface area (Å²) < 4.78 is 0. The number of ketones is 2. The van der Waals surface area contributed by atoms with Crippen molar-refractivity contribution in [3.05, 3.63) is 34.9 Å². The van der Waals surface area contributed by atoms with Crippen LogP contribution in [0.3, 0.4) is 0 Å². The van der Waals surface area contributed by atoms with Crippen LogP contribution in [0.1, 0.15) is 30.6 Å². The zero-order valence-corrected chi connectivity index (χ0v) is 12.0. The van der Waals surface area contributed by atoms with E-state index in [2.05, 4.69) is 4.90 Å². The number of rotatable bonds is 3. The van der Waals surface area contributed by atoms with Gasteiger partial charge < -0.3 is 0 Å². The second-order valence-electron chi connectivity index (χ2n) is 5.16. The van der Waals surface area contributed by atoms with E-state index in [9.17, 15) is 9.59 Å². The topological polar surface area (TPSA) is 37.4 Å². The first-order valence-electron chi connectivity index (χ1n) is 6.55. The van der Waals surface area contributed by atoms with Gasteiger partial charge in [0.05, 0.1) is 6.04 Å². The molecule has 0 N–H and O–H groups in total. The van der Waals surface area contributed by atoms with Crippen LogP contribution in [-0.2, 0) is 4.79 Å². The molecule has 1 aliphatic heterocycles. The average Bonchev–Trinajstić information content (AvgIpc) is 2.40. The van der Waals surface area contributed by atoms with Gasteiger partial charge in [-0.3, -0.25) is 14.5 Å². The lowest BCUT2D eigenvalue weighted by molar-refractivity contribution is -0.125. The molecule has 1 fully saturated rings. The molecule has 0 aromatic heterocycles. The van der Waals surface area contributed by atoms with Gasteiger partial charge in [-0.05, 0) is 19.1 Å². The Kier molecular flexibility index (Phi) is 4.38. The maximum Gasteiger partial charge on any atom is 0.179 e. The van der Waals surface area contributed by atoms with Crippen LogP contribution in [0.5, 0.6) is 0 Å². The number of piperidine rings is 1. The van der Waals surface area contributed by atoms with Crippen molar-refractivity contribution < 1.29 is 9.59 Å². The third kappa shape index (κ3) is 3.23. The molecule has 2 unspecified atom stereocenters. The van der Waals surface area contributed by atoms with Crippen LogP contribution in [0.4, 0.5) is 0 Å². The Morgan fingerprint density at radius 1 is 1.47 bits per heavy atom. The molecule has 0 spiro atoms. The standard InChI is InChI=1S/C15H18ClNO2/c1-10-9-17(7-6-14(10)18)11(2)15(19)12-4-3-5-13(16)8-12/h3-5,8,10-11H,6-7,9H2,1-2H3. The van der Waals surface area contributed by atoms with E-state index in [4.69, 9.17) is 11.6 Å². The largest absolute Gasteiger partial charge is 0.299 e. The van der Waals surface area contributed by atoms with E-state index in [1.807, 2.05) is 13.8 Å². The molecule has 0 saturated carbocycles. The third-order valence-electron chi connectivity index (χ3n) is 3.74.